The Balaban J connectivity index is 1.13. The van der Waals surface area contributed by atoms with Crippen molar-refractivity contribution in [2.75, 3.05) is 25.0 Å². The third kappa shape index (κ3) is 3.99. The molecule has 1 fully saturated rings. The Morgan fingerprint density at radius 3 is 2.73 bits per heavy atom. The predicted octanol–water partition coefficient (Wildman–Crippen LogP) is 4.25. The van der Waals surface area contributed by atoms with Gasteiger partial charge in [-0.15, -0.1) is 0 Å². The van der Waals surface area contributed by atoms with Crippen LogP contribution in [0.4, 0.5) is 5.69 Å². The molecule has 0 radical (unpaired) electrons. The molecule has 0 amide bonds. The molecule has 2 aliphatic rings. The zero-order valence-corrected chi connectivity index (χ0v) is 17.3. The van der Waals surface area contributed by atoms with Crippen molar-refractivity contribution >= 4 is 22.9 Å². The summed E-state index contributed by atoms with van der Waals surface area (Å²) in [5.74, 6) is 0.764. The normalized spacial score (nSPS) is 19.7. The van der Waals surface area contributed by atoms with Crippen LogP contribution in [0.25, 0.3) is 11.0 Å². The fraction of sp³-hybridized carbons (Fsp3) is 0.440. The third-order valence-electron chi connectivity index (χ3n) is 6.80. The van der Waals surface area contributed by atoms with Crippen LogP contribution in [0.3, 0.4) is 0 Å². The molecule has 30 heavy (non-hydrogen) atoms. The van der Waals surface area contributed by atoms with Gasteiger partial charge in [0.1, 0.15) is 6.29 Å². The van der Waals surface area contributed by atoms with Crippen LogP contribution >= 0.6 is 0 Å². The zero-order chi connectivity index (χ0) is 20.3. The summed E-state index contributed by atoms with van der Waals surface area (Å²) in [6.07, 6.45) is 7.46. The van der Waals surface area contributed by atoms with E-state index in [2.05, 4.69) is 57.8 Å². The van der Waals surface area contributed by atoms with Crippen LogP contribution in [0.5, 0.6) is 0 Å². The van der Waals surface area contributed by atoms with Crippen LogP contribution in [0, 0.1) is 5.92 Å². The van der Waals surface area contributed by atoms with Crippen molar-refractivity contribution in [2.24, 2.45) is 5.92 Å². The van der Waals surface area contributed by atoms with E-state index in [0.717, 1.165) is 59.5 Å². The lowest BCUT2D eigenvalue weighted by atomic mass is 9.91. The number of likely N-dealkylation sites (tertiary alicyclic amines) is 1. The fourth-order valence-corrected chi connectivity index (χ4v) is 4.95. The number of hydrogen-bond donors (Lipinski definition) is 1. The quantitative estimate of drug-likeness (QED) is 0.598. The van der Waals surface area contributed by atoms with Crippen molar-refractivity contribution in [3.8, 4) is 0 Å². The van der Waals surface area contributed by atoms with Gasteiger partial charge in [-0.1, -0.05) is 35.5 Å². The number of aldehydes is 1. The number of anilines is 1. The summed E-state index contributed by atoms with van der Waals surface area (Å²) in [4.78, 5) is 13.7. The van der Waals surface area contributed by atoms with Crippen molar-refractivity contribution in [1.82, 2.24) is 10.1 Å². The summed E-state index contributed by atoms with van der Waals surface area (Å²) in [7, 11) is 0. The molecule has 5 rings (SSSR count). The van der Waals surface area contributed by atoms with E-state index in [1.54, 1.807) is 0 Å². The van der Waals surface area contributed by atoms with Gasteiger partial charge in [0.05, 0.1) is 11.7 Å². The molecule has 0 aliphatic carbocycles. The summed E-state index contributed by atoms with van der Waals surface area (Å²) in [6.45, 7) is 3.55. The van der Waals surface area contributed by atoms with Crippen LogP contribution in [-0.2, 0) is 24.1 Å². The molecule has 1 N–H and O–H groups in total. The summed E-state index contributed by atoms with van der Waals surface area (Å²) < 4.78 is 5.70. The molecule has 1 saturated heterocycles. The van der Waals surface area contributed by atoms with E-state index in [1.807, 2.05) is 0 Å². The molecular formula is C25H29N3O2. The molecule has 1 aromatic heterocycles. The van der Waals surface area contributed by atoms with E-state index in [0.29, 0.717) is 6.42 Å². The van der Waals surface area contributed by atoms with Crippen molar-refractivity contribution in [2.45, 2.75) is 44.6 Å². The Labute approximate surface area is 177 Å². The molecule has 0 bridgehead atoms. The highest BCUT2D eigenvalue weighted by Crippen LogP contribution is 2.34. The molecule has 0 spiro atoms. The fourth-order valence-electron chi connectivity index (χ4n) is 4.95. The first-order valence-corrected chi connectivity index (χ1v) is 11.2. The molecule has 3 heterocycles. The maximum Gasteiger partial charge on any atom is 0.172 e. The highest BCUT2D eigenvalue weighted by atomic mass is 16.5. The maximum atomic E-state index is 11.1. The van der Waals surface area contributed by atoms with Gasteiger partial charge in [0.25, 0.3) is 0 Å². The lowest BCUT2D eigenvalue weighted by molar-refractivity contribution is -0.108. The number of hydrogen-bond acceptors (Lipinski definition) is 5. The molecular weight excluding hydrogens is 374 g/mol. The molecule has 1 atom stereocenters. The van der Waals surface area contributed by atoms with Crippen LogP contribution in [0.2, 0.25) is 0 Å². The van der Waals surface area contributed by atoms with Gasteiger partial charge in [-0.3, -0.25) is 0 Å². The largest absolute Gasteiger partial charge is 0.375 e. The molecule has 1 unspecified atom stereocenters. The third-order valence-corrected chi connectivity index (χ3v) is 6.80. The molecule has 5 nitrogen and oxygen atoms in total. The molecule has 2 aliphatic heterocycles. The highest BCUT2D eigenvalue weighted by Gasteiger charge is 2.26. The van der Waals surface area contributed by atoms with Gasteiger partial charge in [0.15, 0.2) is 5.58 Å². The topological polar surface area (TPSA) is 58.4 Å². The van der Waals surface area contributed by atoms with Gasteiger partial charge >= 0.3 is 0 Å². The number of nitrogens with zero attached hydrogens (tertiary/aromatic N) is 2. The van der Waals surface area contributed by atoms with Gasteiger partial charge in [-0.25, -0.2) is 0 Å². The number of piperidine rings is 1. The minimum absolute atomic E-state index is 0.147. The minimum Gasteiger partial charge on any atom is -0.375 e. The number of fused-ring (bicyclic) bond motifs is 3. The maximum absolute atomic E-state index is 11.1. The van der Waals surface area contributed by atoms with E-state index in [4.69, 9.17) is 4.52 Å². The number of carbonyl (C=O) groups is 1. The zero-order valence-electron chi connectivity index (χ0n) is 17.3. The summed E-state index contributed by atoms with van der Waals surface area (Å²) >= 11 is 0. The van der Waals surface area contributed by atoms with Gasteiger partial charge < -0.3 is 19.5 Å². The second-order valence-corrected chi connectivity index (χ2v) is 8.75. The Bertz CT molecular complexity index is 1010. The Hall–Kier alpha value is -2.66. The molecule has 0 saturated carbocycles. The number of rotatable bonds is 7. The Morgan fingerprint density at radius 2 is 1.93 bits per heavy atom. The highest BCUT2D eigenvalue weighted by molar-refractivity contribution is 5.90. The van der Waals surface area contributed by atoms with Gasteiger partial charge in [0, 0.05) is 29.6 Å². The van der Waals surface area contributed by atoms with Crippen molar-refractivity contribution in [1.29, 1.82) is 0 Å². The number of aryl methyl sites for hydroxylation is 1. The Morgan fingerprint density at radius 1 is 1.10 bits per heavy atom. The van der Waals surface area contributed by atoms with E-state index < -0.39 is 0 Å². The average molecular weight is 404 g/mol. The van der Waals surface area contributed by atoms with Crippen LogP contribution in [-0.4, -0.2) is 42.0 Å². The SMILES string of the molecule is O=CC1Cc2c(ccc3c(CCC4CCN(CCc5ccccc5)CC4)noc23)N1. The number of benzene rings is 2. The number of carbonyl (C=O) groups excluding carboxylic acids is 1. The van der Waals surface area contributed by atoms with Crippen LogP contribution < -0.4 is 5.32 Å². The van der Waals surface area contributed by atoms with Crippen molar-refractivity contribution in [3.05, 3.63) is 59.3 Å². The lowest BCUT2D eigenvalue weighted by Crippen LogP contribution is -2.35. The van der Waals surface area contributed by atoms with Crippen LogP contribution in [0.15, 0.2) is 47.0 Å². The van der Waals surface area contributed by atoms with Gasteiger partial charge in [-0.2, -0.15) is 0 Å². The Kier molecular flexibility index (Phi) is 5.54. The van der Waals surface area contributed by atoms with E-state index in [1.165, 1.54) is 37.9 Å². The minimum atomic E-state index is -0.147. The summed E-state index contributed by atoms with van der Waals surface area (Å²) in [6, 6.07) is 14.8. The standard InChI is InChI=1S/C25H29N3O2/c29-17-20-16-22-23(26-20)9-7-21-24(27-30-25(21)22)8-6-19-11-14-28(15-12-19)13-10-18-4-2-1-3-5-18/h1-5,7,9,17,19-20,26H,6,8,10-16H2. The first-order chi connectivity index (χ1) is 14.8. The summed E-state index contributed by atoms with van der Waals surface area (Å²) in [5, 5.41) is 8.73. The van der Waals surface area contributed by atoms with Crippen molar-refractivity contribution in [3.63, 3.8) is 0 Å². The molecule has 5 heteroatoms. The number of nitrogens with one attached hydrogen (secondary N) is 1. The van der Waals surface area contributed by atoms with E-state index in [-0.39, 0.29) is 6.04 Å². The molecule has 3 aromatic rings. The van der Waals surface area contributed by atoms with Gasteiger partial charge in [0.2, 0.25) is 0 Å². The molecule has 2 aromatic carbocycles. The number of aromatic nitrogens is 1. The lowest BCUT2D eigenvalue weighted by Gasteiger charge is -2.31. The van der Waals surface area contributed by atoms with E-state index in [9.17, 15) is 4.79 Å². The van der Waals surface area contributed by atoms with Crippen LogP contribution in [0.1, 0.15) is 36.1 Å². The van der Waals surface area contributed by atoms with Crippen molar-refractivity contribution < 1.29 is 9.32 Å². The first kappa shape index (κ1) is 19.3. The summed E-state index contributed by atoms with van der Waals surface area (Å²) in [5.41, 5.74) is 5.45. The first-order valence-electron chi connectivity index (χ1n) is 11.2. The smallest absolute Gasteiger partial charge is 0.172 e. The van der Waals surface area contributed by atoms with Gasteiger partial charge in [-0.05, 0) is 68.8 Å². The predicted molar refractivity (Wildman–Crippen MR) is 119 cm³/mol. The second-order valence-electron chi connectivity index (χ2n) is 8.75. The second kappa shape index (κ2) is 8.60. The monoisotopic (exact) mass is 403 g/mol. The molecule has 156 valence electrons. The average Bonchev–Trinajstić information content (AvgIpc) is 3.41. The van der Waals surface area contributed by atoms with E-state index >= 15 is 0 Å².